The molecule has 2 nitrogen and oxygen atoms in total. The minimum absolute atomic E-state index is 0.0336. The smallest absolute Gasteiger partial charge is 0.160 e. The quantitative estimate of drug-likeness (QED) is 0.751. The molecule has 1 aromatic rings. The molecule has 0 heterocycles. The molecule has 1 aromatic carbocycles. The maximum atomic E-state index is 12.8. The topological polar surface area (TPSA) is 46.2 Å². The number of aliphatic hydroxyl groups is 1. The number of hydrogen-bond donors (Lipinski definition) is 2. The summed E-state index contributed by atoms with van der Waals surface area (Å²) in [5.41, 5.74) is 5.50. The molecule has 0 fully saturated rings. The Kier molecular flexibility index (Phi) is 3.42. The van der Waals surface area contributed by atoms with E-state index in [-0.39, 0.29) is 10.6 Å². The summed E-state index contributed by atoms with van der Waals surface area (Å²) in [5.74, 6) is -2.10. The van der Waals surface area contributed by atoms with Crippen LogP contribution in [-0.2, 0) is 0 Å². The summed E-state index contributed by atoms with van der Waals surface area (Å²) in [7, 11) is 0. The average Bonchev–Trinajstić information content (AvgIpc) is 2.10. The molecular formula is C9H10ClF2NO. The molecule has 5 heteroatoms. The van der Waals surface area contributed by atoms with Gasteiger partial charge in [-0.3, -0.25) is 0 Å². The maximum Gasteiger partial charge on any atom is 0.160 e. The van der Waals surface area contributed by atoms with Crippen molar-refractivity contribution >= 4 is 11.6 Å². The van der Waals surface area contributed by atoms with E-state index in [1.165, 1.54) is 0 Å². The predicted octanol–water partition coefficient (Wildman–Crippen LogP) is 2.00. The molecule has 78 valence electrons. The number of aliphatic hydroxyl groups excluding tert-OH is 1. The van der Waals surface area contributed by atoms with Crippen molar-refractivity contribution in [2.45, 2.75) is 19.1 Å². The van der Waals surface area contributed by atoms with Crippen LogP contribution in [0.5, 0.6) is 0 Å². The van der Waals surface area contributed by atoms with Gasteiger partial charge >= 0.3 is 0 Å². The molecule has 2 unspecified atom stereocenters. The van der Waals surface area contributed by atoms with E-state index in [2.05, 4.69) is 0 Å². The van der Waals surface area contributed by atoms with Crippen LogP contribution in [0.2, 0.25) is 5.02 Å². The molecule has 2 atom stereocenters. The summed E-state index contributed by atoms with van der Waals surface area (Å²) >= 11 is 5.62. The first kappa shape index (κ1) is 11.4. The third kappa shape index (κ3) is 2.20. The van der Waals surface area contributed by atoms with Gasteiger partial charge in [-0.2, -0.15) is 0 Å². The third-order valence-electron chi connectivity index (χ3n) is 1.86. The Morgan fingerprint density at radius 2 is 1.86 bits per heavy atom. The van der Waals surface area contributed by atoms with Crippen molar-refractivity contribution in [1.29, 1.82) is 0 Å². The molecule has 0 amide bonds. The zero-order valence-electron chi connectivity index (χ0n) is 7.47. The Hall–Kier alpha value is -0.710. The van der Waals surface area contributed by atoms with Gasteiger partial charge < -0.3 is 10.8 Å². The highest BCUT2D eigenvalue weighted by molar-refractivity contribution is 6.31. The van der Waals surface area contributed by atoms with Crippen molar-refractivity contribution in [3.8, 4) is 0 Å². The normalized spacial score (nSPS) is 15.3. The second-order valence-corrected chi connectivity index (χ2v) is 3.50. The van der Waals surface area contributed by atoms with E-state index in [1.807, 2.05) is 0 Å². The van der Waals surface area contributed by atoms with Crippen LogP contribution in [0, 0.1) is 11.6 Å². The fourth-order valence-electron chi connectivity index (χ4n) is 1.05. The fraction of sp³-hybridized carbons (Fsp3) is 0.333. The van der Waals surface area contributed by atoms with Gasteiger partial charge in [0.25, 0.3) is 0 Å². The molecule has 1 rings (SSSR count). The molecular weight excluding hydrogens is 212 g/mol. The fourth-order valence-corrected chi connectivity index (χ4v) is 1.31. The first-order valence-electron chi connectivity index (χ1n) is 4.01. The molecule has 0 aromatic heterocycles. The van der Waals surface area contributed by atoms with Crippen LogP contribution in [0.4, 0.5) is 8.78 Å². The van der Waals surface area contributed by atoms with Crippen LogP contribution in [0.15, 0.2) is 12.1 Å². The lowest BCUT2D eigenvalue weighted by Gasteiger charge is -2.16. The first-order chi connectivity index (χ1) is 6.43. The van der Waals surface area contributed by atoms with Crippen LogP contribution < -0.4 is 5.73 Å². The van der Waals surface area contributed by atoms with Crippen LogP contribution in [0.25, 0.3) is 0 Å². The maximum absolute atomic E-state index is 12.8. The van der Waals surface area contributed by atoms with E-state index < -0.39 is 23.8 Å². The first-order valence-corrected chi connectivity index (χ1v) is 4.39. The van der Waals surface area contributed by atoms with E-state index in [0.29, 0.717) is 0 Å². The summed E-state index contributed by atoms with van der Waals surface area (Å²) in [4.78, 5) is 0. The van der Waals surface area contributed by atoms with Gasteiger partial charge in [0.2, 0.25) is 0 Å². The molecule has 0 aliphatic rings. The Labute approximate surface area is 85.3 Å². The van der Waals surface area contributed by atoms with Crippen molar-refractivity contribution in [2.24, 2.45) is 5.73 Å². The van der Waals surface area contributed by atoms with E-state index in [9.17, 15) is 13.9 Å². The van der Waals surface area contributed by atoms with Gasteiger partial charge in [-0.05, 0) is 19.1 Å². The Morgan fingerprint density at radius 1 is 1.36 bits per heavy atom. The third-order valence-corrected chi connectivity index (χ3v) is 2.18. The number of nitrogens with two attached hydrogens (primary N) is 1. The monoisotopic (exact) mass is 221 g/mol. The number of benzene rings is 1. The van der Waals surface area contributed by atoms with Crippen molar-refractivity contribution in [1.82, 2.24) is 0 Å². The van der Waals surface area contributed by atoms with Crippen LogP contribution in [0.1, 0.15) is 18.6 Å². The van der Waals surface area contributed by atoms with Gasteiger partial charge in [0.1, 0.15) is 0 Å². The largest absolute Gasteiger partial charge is 0.387 e. The SMILES string of the molecule is CC(N)C(O)c1cc(F)c(F)cc1Cl. The van der Waals surface area contributed by atoms with Gasteiger partial charge in [-0.15, -0.1) is 0 Å². The summed E-state index contributed by atoms with van der Waals surface area (Å²) in [5, 5.41) is 9.46. The summed E-state index contributed by atoms with van der Waals surface area (Å²) < 4.78 is 25.4. The predicted molar refractivity (Wildman–Crippen MR) is 50.0 cm³/mol. The zero-order valence-corrected chi connectivity index (χ0v) is 8.22. The van der Waals surface area contributed by atoms with Crippen LogP contribution >= 0.6 is 11.6 Å². The van der Waals surface area contributed by atoms with Gasteiger partial charge in [0, 0.05) is 16.6 Å². The van der Waals surface area contributed by atoms with Crippen molar-refractivity contribution in [3.05, 3.63) is 34.4 Å². The molecule has 3 N–H and O–H groups in total. The van der Waals surface area contributed by atoms with E-state index in [4.69, 9.17) is 17.3 Å². The molecule has 0 radical (unpaired) electrons. The molecule has 0 saturated heterocycles. The average molecular weight is 222 g/mol. The van der Waals surface area contributed by atoms with Crippen LogP contribution in [0.3, 0.4) is 0 Å². The standard InChI is InChI=1S/C9H10ClF2NO/c1-4(13)9(14)5-2-7(11)8(12)3-6(5)10/h2-4,9,14H,13H2,1H3. The Balaban J connectivity index is 3.15. The Bertz CT molecular complexity index is 344. The minimum Gasteiger partial charge on any atom is -0.387 e. The highest BCUT2D eigenvalue weighted by Gasteiger charge is 2.18. The number of halogens is 3. The van der Waals surface area contributed by atoms with Crippen molar-refractivity contribution in [2.75, 3.05) is 0 Å². The zero-order chi connectivity index (χ0) is 10.9. The van der Waals surface area contributed by atoms with Gasteiger partial charge in [-0.25, -0.2) is 8.78 Å². The lowest BCUT2D eigenvalue weighted by molar-refractivity contribution is 0.153. The summed E-state index contributed by atoms with van der Waals surface area (Å²) in [6, 6.07) is 1.07. The molecule has 0 aliphatic heterocycles. The van der Waals surface area contributed by atoms with Gasteiger partial charge in [0.15, 0.2) is 11.6 Å². The highest BCUT2D eigenvalue weighted by atomic mass is 35.5. The van der Waals surface area contributed by atoms with Gasteiger partial charge in [0.05, 0.1) is 6.10 Å². The number of hydrogen-bond acceptors (Lipinski definition) is 2. The second-order valence-electron chi connectivity index (χ2n) is 3.09. The summed E-state index contributed by atoms with van der Waals surface area (Å²) in [6.45, 7) is 1.54. The van der Waals surface area contributed by atoms with Crippen molar-refractivity contribution < 1.29 is 13.9 Å². The van der Waals surface area contributed by atoms with E-state index in [1.54, 1.807) is 6.92 Å². The molecule has 0 bridgehead atoms. The summed E-state index contributed by atoms with van der Waals surface area (Å²) in [6.07, 6.45) is -1.10. The lowest BCUT2D eigenvalue weighted by atomic mass is 10.0. The Morgan fingerprint density at radius 3 is 2.36 bits per heavy atom. The molecule has 14 heavy (non-hydrogen) atoms. The van der Waals surface area contributed by atoms with E-state index >= 15 is 0 Å². The second kappa shape index (κ2) is 4.21. The van der Waals surface area contributed by atoms with Crippen LogP contribution in [-0.4, -0.2) is 11.1 Å². The van der Waals surface area contributed by atoms with Crippen molar-refractivity contribution in [3.63, 3.8) is 0 Å². The lowest BCUT2D eigenvalue weighted by Crippen LogP contribution is -2.24. The molecule has 0 aliphatic carbocycles. The molecule has 0 saturated carbocycles. The molecule has 0 spiro atoms. The van der Waals surface area contributed by atoms with Gasteiger partial charge in [-0.1, -0.05) is 11.6 Å². The highest BCUT2D eigenvalue weighted by Crippen LogP contribution is 2.26. The number of rotatable bonds is 2. The van der Waals surface area contributed by atoms with E-state index in [0.717, 1.165) is 12.1 Å². The minimum atomic E-state index is -1.10.